The Balaban J connectivity index is 3.47. The fourth-order valence-corrected chi connectivity index (χ4v) is 1.98. The predicted octanol–water partition coefficient (Wildman–Crippen LogP) is -1.13. The fourth-order valence-electron chi connectivity index (χ4n) is 1.98. The zero-order chi connectivity index (χ0) is 18.2. The van der Waals surface area contributed by atoms with Crippen LogP contribution in [-0.4, -0.2) is 49.7 Å². The van der Waals surface area contributed by atoms with Gasteiger partial charge in [0, 0.05) is 25.9 Å². The summed E-state index contributed by atoms with van der Waals surface area (Å²) in [5, 5.41) is 15.4. The van der Waals surface area contributed by atoms with Crippen LogP contribution < -0.4 is 27.4 Å². The molecule has 1 atom stereocenters. The summed E-state index contributed by atoms with van der Waals surface area (Å²) in [6.07, 6.45) is 6.03. The van der Waals surface area contributed by atoms with E-state index in [1.165, 1.54) is 0 Å². The molecule has 2 amide bonds. The first-order valence-corrected chi connectivity index (χ1v) is 8.19. The molecule has 0 aliphatic carbocycles. The fraction of sp³-hybridized carbons (Fsp3) is 0.733. The van der Waals surface area contributed by atoms with Crippen LogP contribution in [0.1, 0.15) is 44.9 Å². The van der Waals surface area contributed by atoms with E-state index in [9.17, 15) is 14.4 Å². The maximum Gasteiger partial charge on any atom is 0.219 e. The molecule has 0 saturated carbocycles. The molecule has 0 rings (SSSR count). The smallest absolute Gasteiger partial charge is 0.219 e. The number of hydrogen-bond donors (Lipinski definition) is 6. The van der Waals surface area contributed by atoms with E-state index in [4.69, 9.17) is 16.9 Å². The van der Waals surface area contributed by atoms with Crippen molar-refractivity contribution in [3.05, 3.63) is 0 Å². The molecule has 0 unspecified atom stereocenters. The van der Waals surface area contributed by atoms with Gasteiger partial charge < -0.3 is 27.4 Å². The van der Waals surface area contributed by atoms with Crippen molar-refractivity contribution < 1.29 is 14.4 Å². The molecule has 0 spiro atoms. The number of nitrogens with one attached hydrogen (secondary N) is 4. The first-order valence-electron chi connectivity index (χ1n) is 8.19. The van der Waals surface area contributed by atoms with Crippen LogP contribution in [0.25, 0.3) is 0 Å². The molecular formula is C15H29N6O3. The number of hydrogen-bond acceptors (Lipinski definition) is 5. The van der Waals surface area contributed by atoms with Crippen LogP contribution in [-0.2, 0) is 14.4 Å². The van der Waals surface area contributed by atoms with Gasteiger partial charge in [-0.3, -0.25) is 19.8 Å². The van der Waals surface area contributed by atoms with E-state index in [0.717, 1.165) is 19.3 Å². The molecule has 9 heteroatoms. The summed E-state index contributed by atoms with van der Waals surface area (Å²) in [5.41, 5.74) is 10.2. The Kier molecular flexibility index (Phi) is 13.1. The topological polar surface area (TPSA) is 163 Å². The lowest BCUT2D eigenvalue weighted by molar-refractivity contribution is -0.121. The first kappa shape index (κ1) is 21.8. The summed E-state index contributed by atoms with van der Waals surface area (Å²) in [4.78, 5) is 32.9. The molecule has 24 heavy (non-hydrogen) atoms. The van der Waals surface area contributed by atoms with E-state index in [1.54, 1.807) is 0 Å². The van der Waals surface area contributed by atoms with Crippen LogP contribution in [0.3, 0.4) is 0 Å². The quantitative estimate of drug-likeness (QED) is 0.125. The normalized spacial score (nSPS) is 11.5. The van der Waals surface area contributed by atoms with Gasteiger partial charge in [-0.05, 0) is 32.2 Å². The van der Waals surface area contributed by atoms with Crippen LogP contribution >= 0.6 is 0 Å². The van der Waals surface area contributed by atoms with Crippen LogP contribution in [0.5, 0.6) is 0 Å². The molecule has 0 aromatic carbocycles. The van der Waals surface area contributed by atoms with E-state index in [0.29, 0.717) is 38.9 Å². The Morgan fingerprint density at radius 3 is 2.29 bits per heavy atom. The maximum atomic E-state index is 11.6. The highest BCUT2D eigenvalue weighted by atomic mass is 16.2. The zero-order valence-electron chi connectivity index (χ0n) is 14.0. The van der Waals surface area contributed by atoms with E-state index in [-0.39, 0.29) is 18.3 Å². The van der Waals surface area contributed by atoms with Crippen molar-refractivity contribution in [1.82, 2.24) is 16.0 Å². The van der Waals surface area contributed by atoms with Crippen molar-refractivity contribution >= 4 is 24.1 Å². The third kappa shape index (κ3) is 14.8. The molecule has 0 fully saturated rings. The minimum atomic E-state index is -0.468. The summed E-state index contributed by atoms with van der Waals surface area (Å²) in [6.45, 7) is 1.75. The van der Waals surface area contributed by atoms with Gasteiger partial charge >= 0.3 is 0 Å². The standard InChI is InChI=1S/C15H29N6O3/c16-13(23)7-6-12(11-22)19-8-3-1-2-5-14(24)20-9-4-10-21-15(17)18/h12,19H,1-10H2,(H2,16,23)(H,20,24)(H4,17,18,21)/t12-/m0/s1. The average Bonchev–Trinajstić information content (AvgIpc) is 2.52. The molecule has 0 aromatic heterocycles. The Morgan fingerprint density at radius 2 is 1.67 bits per heavy atom. The summed E-state index contributed by atoms with van der Waals surface area (Å²) >= 11 is 0. The molecular weight excluding hydrogens is 312 g/mol. The average molecular weight is 341 g/mol. The van der Waals surface area contributed by atoms with Gasteiger partial charge in [0.05, 0.1) is 6.04 Å². The van der Waals surface area contributed by atoms with Crippen LogP contribution in [0.4, 0.5) is 0 Å². The number of primary amides is 1. The SMILES string of the molecule is N=C(N)NCCCNC(=O)CCCCCN[C@H]([C]=O)CCC(N)=O. The van der Waals surface area contributed by atoms with Crippen LogP contribution in [0, 0.1) is 5.41 Å². The first-order chi connectivity index (χ1) is 11.5. The predicted molar refractivity (Wildman–Crippen MR) is 91.9 cm³/mol. The van der Waals surface area contributed by atoms with Gasteiger partial charge in [-0.1, -0.05) is 6.42 Å². The molecule has 9 nitrogen and oxygen atoms in total. The van der Waals surface area contributed by atoms with Crippen LogP contribution in [0.2, 0.25) is 0 Å². The highest BCUT2D eigenvalue weighted by Crippen LogP contribution is 2.00. The monoisotopic (exact) mass is 341 g/mol. The lowest BCUT2D eigenvalue weighted by atomic mass is 10.1. The molecule has 0 saturated heterocycles. The molecule has 0 bridgehead atoms. The third-order valence-electron chi connectivity index (χ3n) is 3.28. The Labute approximate surface area is 142 Å². The molecule has 0 aliphatic rings. The Hall–Kier alpha value is -2.16. The largest absolute Gasteiger partial charge is 0.370 e. The molecule has 0 aromatic rings. The minimum Gasteiger partial charge on any atom is -0.370 e. The number of guanidine groups is 1. The van der Waals surface area contributed by atoms with Crippen molar-refractivity contribution in [2.75, 3.05) is 19.6 Å². The second kappa shape index (κ2) is 14.4. The number of unbranched alkanes of at least 4 members (excludes halogenated alkanes) is 2. The van der Waals surface area contributed by atoms with E-state index in [2.05, 4.69) is 16.0 Å². The summed E-state index contributed by atoms with van der Waals surface area (Å²) < 4.78 is 0. The van der Waals surface area contributed by atoms with Gasteiger partial charge in [-0.15, -0.1) is 0 Å². The van der Waals surface area contributed by atoms with Crippen molar-refractivity contribution in [3.8, 4) is 0 Å². The molecule has 137 valence electrons. The maximum absolute atomic E-state index is 11.6. The van der Waals surface area contributed by atoms with Crippen molar-refractivity contribution in [2.24, 2.45) is 11.5 Å². The van der Waals surface area contributed by atoms with E-state index < -0.39 is 11.9 Å². The Morgan fingerprint density at radius 1 is 0.958 bits per heavy atom. The second-order valence-electron chi connectivity index (χ2n) is 5.48. The van der Waals surface area contributed by atoms with Crippen molar-refractivity contribution in [3.63, 3.8) is 0 Å². The third-order valence-corrected chi connectivity index (χ3v) is 3.28. The minimum absolute atomic E-state index is 0.00587. The van der Waals surface area contributed by atoms with Gasteiger partial charge in [0.15, 0.2) is 5.96 Å². The van der Waals surface area contributed by atoms with Gasteiger partial charge in [0.2, 0.25) is 18.1 Å². The van der Waals surface area contributed by atoms with Crippen molar-refractivity contribution in [2.45, 2.75) is 51.0 Å². The Bertz CT molecular complexity index is 403. The highest BCUT2D eigenvalue weighted by molar-refractivity contribution is 5.76. The number of carbonyl (C=O) groups excluding carboxylic acids is 3. The second-order valence-corrected chi connectivity index (χ2v) is 5.48. The van der Waals surface area contributed by atoms with Gasteiger partial charge in [-0.25, -0.2) is 0 Å². The van der Waals surface area contributed by atoms with Crippen LogP contribution in [0.15, 0.2) is 0 Å². The number of carbonyl (C=O) groups is 2. The van der Waals surface area contributed by atoms with Gasteiger partial charge in [-0.2, -0.15) is 0 Å². The van der Waals surface area contributed by atoms with E-state index >= 15 is 0 Å². The summed E-state index contributed by atoms with van der Waals surface area (Å²) in [7, 11) is 0. The molecule has 8 N–H and O–H groups in total. The number of amides is 2. The molecule has 0 aliphatic heterocycles. The summed E-state index contributed by atoms with van der Waals surface area (Å²) in [5.74, 6) is -0.495. The van der Waals surface area contributed by atoms with E-state index in [1.807, 2.05) is 6.29 Å². The van der Waals surface area contributed by atoms with Gasteiger partial charge in [0.25, 0.3) is 0 Å². The number of rotatable bonds is 15. The number of nitrogens with two attached hydrogens (primary N) is 2. The highest BCUT2D eigenvalue weighted by Gasteiger charge is 2.08. The summed E-state index contributed by atoms with van der Waals surface area (Å²) in [6, 6.07) is -0.468. The van der Waals surface area contributed by atoms with Gasteiger partial charge in [0.1, 0.15) is 0 Å². The lowest BCUT2D eigenvalue weighted by Crippen LogP contribution is -2.33. The van der Waals surface area contributed by atoms with Crippen molar-refractivity contribution in [1.29, 1.82) is 5.41 Å². The molecule has 0 heterocycles. The molecule has 1 radical (unpaired) electrons. The lowest BCUT2D eigenvalue weighted by Gasteiger charge is -2.10. The zero-order valence-corrected chi connectivity index (χ0v) is 14.0.